The highest BCUT2D eigenvalue weighted by Gasteiger charge is 2.23. The van der Waals surface area contributed by atoms with Crippen LogP contribution in [0.5, 0.6) is 0 Å². The molecule has 7 nitrogen and oxygen atoms in total. The van der Waals surface area contributed by atoms with Crippen molar-refractivity contribution in [3.8, 4) is 0 Å². The molecule has 2 rings (SSSR count). The van der Waals surface area contributed by atoms with Crippen LogP contribution in [0.2, 0.25) is 0 Å². The Morgan fingerprint density at radius 3 is 3.14 bits per heavy atom. The summed E-state index contributed by atoms with van der Waals surface area (Å²) in [5, 5.41) is 5.20. The van der Waals surface area contributed by atoms with Crippen molar-refractivity contribution in [1.82, 2.24) is 9.88 Å². The van der Waals surface area contributed by atoms with Crippen LogP contribution in [0.4, 0.5) is 5.13 Å². The second kappa shape index (κ2) is 7.48. The Kier molecular flexibility index (Phi) is 5.66. The molecule has 1 amide bonds. The molecule has 1 N–H and O–H groups in total. The normalized spacial score (nSPS) is 19.2. The van der Waals surface area contributed by atoms with Gasteiger partial charge in [0.1, 0.15) is 0 Å². The molecule has 1 aliphatic rings. The summed E-state index contributed by atoms with van der Waals surface area (Å²) in [5.74, 6) is -0.385. The van der Waals surface area contributed by atoms with Gasteiger partial charge in [-0.3, -0.25) is 14.5 Å². The standard InChI is InChI=1S/C13H19N3O4S/c1-9(17)14-13-15-10(8-21-13)6-16-3-4-20-11(7-16)5-12(18)19-2/h8,11H,3-7H2,1-2H3,(H,14,15,17). The number of anilines is 1. The fourth-order valence-electron chi connectivity index (χ4n) is 2.13. The van der Waals surface area contributed by atoms with Crippen LogP contribution in [-0.4, -0.2) is 54.7 Å². The van der Waals surface area contributed by atoms with E-state index in [-0.39, 0.29) is 24.4 Å². The summed E-state index contributed by atoms with van der Waals surface area (Å²) in [5.41, 5.74) is 0.905. The maximum Gasteiger partial charge on any atom is 0.308 e. The van der Waals surface area contributed by atoms with E-state index in [2.05, 4.69) is 19.9 Å². The van der Waals surface area contributed by atoms with E-state index in [0.717, 1.165) is 12.2 Å². The van der Waals surface area contributed by atoms with Gasteiger partial charge in [0.05, 0.1) is 31.9 Å². The number of ether oxygens (including phenoxy) is 2. The van der Waals surface area contributed by atoms with E-state index < -0.39 is 0 Å². The van der Waals surface area contributed by atoms with E-state index in [9.17, 15) is 9.59 Å². The van der Waals surface area contributed by atoms with Gasteiger partial charge >= 0.3 is 5.97 Å². The lowest BCUT2D eigenvalue weighted by Gasteiger charge is -2.31. The van der Waals surface area contributed by atoms with Crippen molar-refractivity contribution >= 4 is 28.3 Å². The van der Waals surface area contributed by atoms with E-state index in [1.165, 1.54) is 25.4 Å². The van der Waals surface area contributed by atoms with Crippen LogP contribution in [0.3, 0.4) is 0 Å². The number of nitrogens with zero attached hydrogens (tertiary/aromatic N) is 2. The predicted octanol–water partition coefficient (Wildman–Crippen LogP) is 0.865. The minimum absolute atomic E-state index is 0.125. The Morgan fingerprint density at radius 2 is 2.43 bits per heavy atom. The van der Waals surface area contributed by atoms with E-state index >= 15 is 0 Å². The SMILES string of the molecule is COC(=O)CC1CN(Cc2csc(NC(C)=O)n2)CCO1. The number of aromatic nitrogens is 1. The van der Waals surface area contributed by atoms with Gasteiger partial charge < -0.3 is 14.8 Å². The first kappa shape index (κ1) is 15.9. The number of morpholine rings is 1. The third-order valence-electron chi connectivity index (χ3n) is 3.07. The largest absolute Gasteiger partial charge is 0.469 e. The second-order valence-corrected chi connectivity index (χ2v) is 5.69. The Hall–Kier alpha value is -1.51. The van der Waals surface area contributed by atoms with E-state index in [4.69, 9.17) is 4.74 Å². The molecule has 0 spiro atoms. The van der Waals surface area contributed by atoms with E-state index in [0.29, 0.717) is 24.8 Å². The zero-order chi connectivity index (χ0) is 15.2. The molecule has 0 aliphatic carbocycles. The van der Waals surface area contributed by atoms with Gasteiger partial charge in [0, 0.05) is 31.9 Å². The molecule has 1 aliphatic heterocycles. The van der Waals surface area contributed by atoms with Crippen LogP contribution >= 0.6 is 11.3 Å². The number of rotatable bonds is 5. The molecule has 0 bridgehead atoms. The number of thiazole rings is 1. The first-order valence-corrected chi connectivity index (χ1v) is 7.57. The first-order valence-electron chi connectivity index (χ1n) is 6.69. The number of esters is 1. The van der Waals surface area contributed by atoms with Crippen LogP contribution in [0.1, 0.15) is 19.0 Å². The van der Waals surface area contributed by atoms with Crippen molar-refractivity contribution in [2.24, 2.45) is 0 Å². The summed E-state index contributed by atoms with van der Waals surface area (Å²) >= 11 is 1.41. The molecule has 1 atom stereocenters. The molecular formula is C13H19N3O4S. The summed E-state index contributed by atoms with van der Waals surface area (Å²) in [6.07, 6.45) is 0.126. The van der Waals surface area contributed by atoms with E-state index in [1.807, 2.05) is 5.38 Å². The highest BCUT2D eigenvalue weighted by atomic mass is 32.1. The molecule has 116 valence electrons. The van der Waals surface area contributed by atoms with Crippen molar-refractivity contribution in [3.63, 3.8) is 0 Å². The van der Waals surface area contributed by atoms with E-state index in [1.54, 1.807) is 0 Å². The quantitative estimate of drug-likeness (QED) is 0.812. The van der Waals surface area contributed by atoms with Crippen LogP contribution in [0.25, 0.3) is 0 Å². The Labute approximate surface area is 127 Å². The first-order chi connectivity index (χ1) is 10.1. The van der Waals surface area contributed by atoms with Crippen molar-refractivity contribution in [3.05, 3.63) is 11.1 Å². The molecule has 1 aromatic heterocycles. The lowest BCUT2D eigenvalue weighted by Crippen LogP contribution is -2.42. The number of methoxy groups -OCH3 is 1. The van der Waals surface area contributed by atoms with Crippen molar-refractivity contribution < 1.29 is 19.1 Å². The number of carbonyl (C=O) groups excluding carboxylic acids is 2. The van der Waals surface area contributed by atoms with Gasteiger partial charge in [-0.15, -0.1) is 11.3 Å². The zero-order valence-electron chi connectivity index (χ0n) is 12.1. The molecule has 21 heavy (non-hydrogen) atoms. The van der Waals surface area contributed by atoms with Crippen molar-refractivity contribution in [2.75, 3.05) is 32.1 Å². The van der Waals surface area contributed by atoms with Crippen LogP contribution < -0.4 is 5.32 Å². The molecule has 1 unspecified atom stereocenters. The highest BCUT2D eigenvalue weighted by Crippen LogP contribution is 2.18. The van der Waals surface area contributed by atoms with Gasteiger partial charge in [-0.2, -0.15) is 0 Å². The Balaban J connectivity index is 1.85. The molecule has 1 fully saturated rings. The van der Waals surface area contributed by atoms with Crippen LogP contribution in [0, 0.1) is 0 Å². The monoisotopic (exact) mass is 313 g/mol. The molecule has 1 saturated heterocycles. The zero-order valence-corrected chi connectivity index (χ0v) is 12.9. The molecule has 1 aromatic rings. The van der Waals surface area contributed by atoms with Gasteiger partial charge in [0.25, 0.3) is 0 Å². The molecule has 0 radical (unpaired) electrons. The summed E-state index contributed by atoms with van der Waals surface area (Å²) in [6.45, 7) is 4.19. The summed E-state index contributed by atoms with van der Waals surface area (Å²) in [6, 6.07) is 0. The van der Waals surface area contributed by atoms with Gasteiger partial charge in [-0.1, -0.05) is 0 Å². The van der Waals surface area contributed by atoms with Crippen LogP contribution in [0.15, 0.2) is 5.38 Å². The Morgan fingerprint density at radius 1 is 1.62 bits per heavy atom. The number of hydrogen-bond donors (Lipinski definition) is 1. The topological polar surface area (TPSA) is 80.8 Å². The van der Waals surface area contributed by atoms with Gasteiger partial charge in [-0.25, -0.2) is 4.98 Å². The molecular weight excluding hydrogens is 294 g/mol. The summed E-state index contributed by atoms with van der Waals surface area (Å²) in [4.78, 5) is 28.8. The average Bonchev–Trinajstić information content (AvgIpc) is 2.85. The van der Waals surface area contributed by atoms with Gasteiger partial charge in [0.15, 0.2) is 5.13 Å². The maximum atomic E-state index is 11.3. The number of nitrogens with one attached hydrogen (secondary N) is 1. The Bertz CT molecular complexity index is 505. The molecule has 2 heterocycles. The minimum atomic E-state index is -0.261. The van der Waals surface area contributed by atoms with Crippen molar-refractivity contribution in [1.29, 1.82) is 0 Å². The lowest BCUT2D eigenvalue weighted by atomic mass is 10.2. The fourth-order valence-corrected chi connectivity index (χ4v) is 2.88. The average molecular weight is 313 g/mol. The third-order valence-corrected chi connectivity index (χ3v) is 3.87. The lowest BCUT2D eigenvalue weighted by molar-refractivity contribution is -0.145. The minimum Gasteiger partial charge on any atom is -0.469 e. The summed E-state index contributed by atoms with van der Waals surface area (Å²) in [7, 11) is 1.38. The van der Waals surface area contributed by atoms with Crippen molar-refractivity contribution in [2.45, 2.75) is 26.0 Å². The predicted molar refractivity (Wildman–Crippen MR) is 78.1 cm³/mol. The number of amides is 1. The fraction of sp³-hybridized carbons (Fsp3) is 0.615. The molecule has 0 aromatic carbocycles. The smallest absolute Gasteiger partial charge is 0.308 e. The third kappa shape index (κ3) is 5.07. The molecule has 8 heteroatoms. The second-order valence-electron chi connectivity index (χ2n) is 4.83. The maximum absolute atomic E-state index is 11.3. The van der Waals surface area contributed by atoms with Gasteiger partial charge in [-0.05, 0) is 0 Å². The number of carbonyl (C=O) groups is 2. The molecule has 0 saturated carbocycles. The number of hydrogen-bond acceptors (Lipinski definition) is 7. The van der Waals surface area contributed by atoms with Gasteiger partial charge in [0.2, 0.25) is 5.91 Å². The van der Waals surface area contributed by atoms with Crippen LogP contribution in [-0.2, 0) is 25.6 Å². The highest BCUT2D eigenvalue weighted by molar-refractivity contribution is 7.13. The summed E-state index contributed by atoms with van der Waals surface area (Å²) < 4.78 is 10.2.